The number of benzene rings is 1. The van der Waals surface area contributed by atoms with E-state index in [0.717, 1.165) is 18.0 Å². The van der Waals surface area contributed by atoms with Crippen LogP contribution >= 0.6 is 0 Å². The second kappa shape index (κ2) is 2.19. The minimum atomic E-state index is 0.338. The molecule has 1 heterocycles. The molecule has 0 saturated heterocycles. The van der Waals surface area contributed by atoms with Gasteiger partial charge < -0.3 is 10.5 Å². The van der Waals surface area contributed by atoms with Crippen molar-refractivity contribution in [2.24, 2.45) is 0 Å². The van der Waals surface area contributed by atoms with Gasteiger partial charge in [0.25, 0.3) is 0 Å². The Morgan fingerprint density at radius 1 is 1.31 bits per heavy atom. The van der Waals surface area contributed by atoms with Crippen molar-refractivity contribution < 1.29 is 4.74 Å². The van der Waals surface area contributed by atoms with Crippen LogP contribution in [-0.2, 0) is 5.41 Å². The molecule has 0 radical (unpaired) electrons. The van der Waals surface area contributed by atoms with Crippen molar-refractivity contribution in [1.29, 1.82) is 0 Å². The van der Waals surface area contributed by atoms with Gasteiger partial charge in [-0.15, -0.1) is 0 Å². The molecule has 0 unspecified atom stereocenters. The maximum Gasteiger partial charge on any atom is 0.146 e. The summed E-state index contributed by atoms with van der Waals surface area (Å²) in [5.74, 6) is 0.946. The quantitative estimate of drug-likeness (QED) is 0.613. The molecule has 2 heteroatoms. The van der Waals surface area contributed by atoms with Gasteiger partial charge in [-0.3, -0.25) is 0 Å². The predicted molar refractivity (Wildman–Crippen MR) is 51.9 cm³/mol. The van der Waals surface area contributed by atoms with Gasteiger partial charge in [0.15, 0.2) is 0 Å². The fraction of sp³-hybridized carbons (Fsp3) is 0.455. The molecule has 0 atom stereocenters. The Bertz CT molecular complexity index is 355. The molecule has 13 heavy (non-hydrogen) atoms. The van der Waals surface area contributed by atoms with Gasteiger partial charge in [-0.05, 0) is 18.9 Å². The highest BCUT2D eigenvalue weighted by molar-refractivity contribution is 5.61. The van der Waals surface area contributed by atoms with Crippen molar-refractivity contribution in [3.8, 4) is 5.75 Å². The number of anilines is 1. The Labute approximate surface area is 77.7 Å². The third-order valence-electron chi connectivity index (χ3n) is 3.42. The van der Waals surface area contributed by atoms with Crippen LogP contribution in [0, 0.1) is 0 Å². The Balaban J connectivity index is 2.16. The summed E-state index contributed by atoms with van der Waals surface area (Å²) in [6.45, 7) is 0.844. The van der Waals surface area contributed by atoms with Gasteiger partial charge in [-0.25, -0.2) is 0 Å². The first-order valence-electron chi connectivity index (χ1n) is 4.84. The third kappa shape index (κ3) is 0.781. The summed E-state index contributed by atoms with van der Waals surface area (Å²) in [4.78, 5) is 0. The maximum atomic E-state index is 5.85. The van der Waals surface area contributed by atoms with E-state index >= 15 is 0 Å². The molecule has 3 rings (SSSR count). The van der Waals surface area contributed by atoms with Crippen LogP contribution in [-0.4, -0.2) is 6.61 Å². The number of nitrogens with two attached hydrogens (primary N) is 1. The van der Waals surface area contributed by atoms with Gasteiger partial charge in [0.05, 0.1) is 12.3 Å². The standard InChI is InChI=1S/C11H13NO/c12-9-4-1-3-8-10(9)13-7-11(8)5-2-6-11/h1,3-4H,2,5-7,12H2. The zero-order chi connectivity index (χ0) is 8.89. The second-order valence-electron chi connectivity index (χ2n) is 4.15. The molecule has 68 valence electrons. The summed E-state index contributed by atoms with van der Waals surface area (Å²) >= 11 is 0. The molecule has 1 fully saturated rings. The number of rotatable bonds is 0. The molecule has 2 nitrogen and oxygen atoms in total. The Hall–Kier alpha value is -1.18. The molecule has 1 spiro atoms. The summed E-state index contributed by atoms with van der Waals surface area (Å²) in [6.07, 6.45) is 3.87. The van der Waals surface area contributed by atoms with E-state index in [1.165, 1.54) is 24.8 Å². The molecule has 2 aliphatic rings. The number of nitrogen functional groups attached to an aromatic ring is 1. The van der Waals surface area contributed by atoms with E-state index in [1.807, 2.05) is 12.1 Å². The molecule has 1 aliphatic heterocycles. The van der Waals surface area contributed by atoms with E-state index in [9.17, 15) is 0 Å². The van der Waals surface area contributed by atoms with E-state index in [4.69, 9.17) is 10.5 Å². The van der Waals surface area contributed by atoms with Crippen LogP contribution in [0.5, 0.6) is 5.75 Å². The zero-order valence-electron chi connectivity index (χ0n) is 7.55. The highest BCUT2D eigenvalue weighted by atomic mass is 16.5. The first kappa shape index (κ1) is 7.25. The monoisotopic (exact) mass is 175 g/mol. The van der Waals surface area contributed by atoms with E-state index in [0.29, 0.717) is 5.41 Å². The van der Waals surface area contributed by atoms with Crippen molar-refractivity contribution >= 4 is 5.69 Å². The minimum absolute atomic E-state index is 0.338. The lowest BCUT2D eigenvalue weighted by atomic mass is 9.66. The van der Waals surface area contributed by atoms with Gasteiger partial charge >= 0.3 is 0 Å². The van der Waals surface area contributed by atoms with Gasteiger partial charge in [0, 0.05) is 11.0 Å². The van der Waals surface area contributed by atoms with Gasteiger partial charge in [-0.2, -0.15) is 0 Å². The molecular formula is C11H13NO. The second-order valence-corrected chi connectivity index (χ2v) is 4.15. The smallest absolute Gasteiger partial charge is 0.146 e. The normalized spacial score (nSPS) is 22.2. The molecule has 0 bridgehead atoms. The summed E-state index contributed by atoms with van der Waals surface area (Å²) < 4.78 is 5.66. The number of hydrogen-bond donors (Lipinski definition) is 1. The Kier molecular flexibility index (Phi) is 1.22. The molecular weight excluding hydrogens is 162 g/mol. The third-order valence-corrected chi connectivity index (χ3v) is 3.42. The SMILES string of the molecule is Nc1cccc2c1OCC21CCC1. The summed E-state index contributed by atoms with van der Waals surface area (Å²) in [6, 6.07) is 6.11. The molecule has 1 saturated carbocycles. The molecule has 1 aromatic rings. The van der Waals surface area contributed by atoms with Crippen LogP contribution in [0.4, 0.5) is 5.69 Å². The summed E-state index contributed by atoms with van der Waals surface area (Å²) in [5.41, 5.74) is 8.32. The first-order valence-corrected chi connectivity index (χ1v) is 4.84. The van der Waals surface area contributed by atoms with Crippen LogP contribution in [0.3, 0.4) is 0 Å². The van der Waals surface area contributed by atoms with E-state index < -0.39 is 0 Å². The molecule has 1 aromatic carbocycles. The van der Waals surface area contributed by atoms with Crippen molar-refractivity contribution in [2.75, 3.05) is 12.3 Å². The fourth-order valence-electron chi connectivity index (χ4n) is 2.44. The maximum absolute atomic E-state index is 5.85. The molecule has 2 N–H and O–H groups in total. The Morgan fingerprint density at radius 2 is 2.15 bits per heavy atom. The van der Waals surface area contributed by atoms with E-state index in [1.54, 1.807) is 0 Å². The van der Waals surface area contributed by atoms with Crippen LogP contribution < -0.4 is 10.5 Å². The minimum Gasteiger partial charge on any atom is -0.490 e. The van der Waals surface area contributed by atoms with Gasteiger partial charge in [0.1, 0.15) is 5.75 Å². The zero-order valence-corrected chi connectivity index (χ0v) is 7.55. The van der Waals surface area contributed by atoms with Crippen LogP contribution in [0.2, 0.25) is 0 Å². The van der Waals surface area contributed by atoms with E-state index in [2.05, 4.69) is 6.07 Å². The van der Waals surface area contributed by atoms with Crippen LogP contribution in [0.1, 0.15) is 24.8 Å². The highest BCUT2D eigenvalue weighted by Gasteiger charge is 2.45. The molecule has 1 aliphatic carbocycles. The van der Waals surface area contributed by atoms with Crippen molar-refractivity contribution in [2.45, 2.75) is 24.7 Å². The van der Waals surface area contributed by atoms with Crippen molar-refractivity contribution in [1.82, 2.24) is 0 Å². The van der Waals surface area contributed by atoms with E-state index in [-0.39, 0.29) is 0 Å². The fourth-order valence-corrected chi connectivity index (χ4v) is 2.44. The van der Waals surface area contributed by atoms with Crippen LogP contribution in [0.15, 0.2) is 18.2 Å². The highest BCUT2D eigenvalue weighted by Crippen LogP contribution is 2.52. The lowest BCUT2D eigenvalue weighted by molar-refractivity contribution is 0.178. The lowest BCUT2D eigenvalue weighted by Crippen LogP contribution is -2.35. The van der Waals surface area contributed by atoms with Crippen LogP contribution in [0.25, 0.3) is 0 Å². The number of para-hydroxylation sites is 1. The lowest BCUT2D eigenvalue weighted by Gasteiger charge is -2.36. The number of fused-ring (bicyclic) bond motifs is 2. The van der Waals surface area contributed by atoms with Crippen molar-refractivity contribution in [3.05, 3.63) is 23.8 Å². The average Bonchev–Trinajstić information content (AvgIpc) is 2.44. The average molecular weight is 175 g/mol. The van der Waals surface area contributed by atoms with Gasteiger partial charge in [0.2, 0.25) is 0 Å². The topological polar surface area (TPSA) is 35.2 Å². The number of ether oxygens (including phenoxy) is 1. The summed E-state index contributed by atoms with van der Waals surface area (Å²) in [5, 5.41) is 0. The predicted octanol–water partition coefficient (Wildman–Crippen LogP) is 2.08. The largest absolute Gasteiger partial charge is 0.490 e. The number of hydrogen-bond acceptors (Lipinski definition) is 2. The first-order chi connectivity index (χ1) is 6.32. The Morgan fingerprint density at radius 3 is 2.85 bits per heavy atom. The molecule has 0 aromatic heterocycles. The summed E-state index contributed by atoms with van der Waals surface area (Å²) in [7, 11) is 0. The van der Waals surface area contributed by atoms with Crippen molar-refractivity contribution in [3.63, 3.8) is 0 Å². The van der Waals surface area contributed by atoms with Gasteiger partial charge in [-0.1, -0.05) is 18.6 Å². The molecule has 0 amide bonds.